The first-order valence-corrected chi connectivity index (χ1v) is 4.87. The molecule has 0 spiro atoms. The van der Waals surface area contributed by atoms with Crippen LogP contribution in [0.5, 0.6) is 0 Å². The molecule has 1 aliphatic rings. The zero-order valence-corrected chi connectivity index (χ0v) is 8.15. The van der Waals surface area contributed by atoms with Crippen LogP contribution in [-0.4, -0.2) is 17.6 Å². The van der Waals surface area contributed by atoms with E-state index in [4.69, 9.17) is 4.74 Å². The third kappa shape index (κ3) is 5.35. The number of carbonyl (C=O) groups excluding carboxylic acids is 1. The lowest BCUT2D eigenvalue weighted by Gasteiger charge is -2.07. The number of carbonyl (C=O) groups is 1. The fraction of sp³-hybridized carbons (Fsp3) is 0.600. The van der Waals surface area contributed by atoms with Crippen molar-refractivity contribution in [2.45, 2.75) is 32.1 Å². The highest BCUT2D eigenvalue weighted by Crippen LogP contribution is 2.07. The Morgan fingerprint density at radius 3 is 2.71 bits per heavy atom. The van der Waals surface area contributed by atoms with Crippen LogP contribution in [0.1, 0.15) is 32.1 Å². The molecule has 78 valence electrons. The smallest absolute Gasteiger partial charge is 0.305 e. The van der Waals surface area contributed by atoms with Crippen molar-refractivity contribution in [3.8, 4) is 0 Å². The minimum absolute atomic E-state index is 0.0188. The van der Waals surface area contributed by atoms with E-state index in [1.165, 1.54) is 25.5 Å². The van der Waals surface area contributed by atoms with E-state index in [9.17, 15) is 4.79 Å². The van der Waals surface area contributed by atoms with Crippen LogP contribution in [0, 0.1) is 0 Å². The summed E-state index contributed by atoms with van der Waals surface area (Å²) in [6, 6.07) is 0. The normalized spacial score (nSPS) is 17.0. The quantitative estimate of drug-likeness (QED) is 0.598. The molecule has 0 aromatic carbocycles. The van der Waals surface area contributed by atoms with E-state index < -0.39 is 0 Å². The maximum absolute atomic E-state index is 10.6. The molecule has 1 aromatic rings. The Bertz CT molecular complexity index is 206. The Labute approximate surface area is 83.3 Å². The van der Waals surface area contributed by atoms with Crippen LogP contribution in [0.15, 0.2) is 23.3 Å². The second-order valence-electron chi connectivity index (χ2n) is 3.06. The van der Waals surface area contributed by atoms with Crippen molar-refractivity contribution in [3.63, 3.8) is 0 Å². The Morgan fingerprint density at radius 1 is 1.21 bits per heavy atom. The highest BCUT2D eigenvalue weighted by atomic mass is 16.5. The van der Waals surface area contributed by atoms with Gasteiger partial charge < -0.3 is 9.15 Å². The fourth-order valence-corrected chi connectivity index (χ4v) is 1.16. The molecule has 1 aromatic heterocycles. The summed E-state index contributed by atoms with van der Waals surface area (Å²) in [5, 5.41) is 0. The molecule has 0 N–H and O–H groups in total. The zero-order valence-electron chi connectivity index (χ0n) is 8.15. The summed E-state index contributed by atoms with van der Waals surface area (Å²) >= 11 is 0. The summed E-state index contributed by atoms with van der Waals surface area (Å²) in [6.07, 6.45) is 9.56. The molecule has 1 aliphatic heterocycles. The van der Waals surface area contributed by atoms with Gasteiger partial charge in [-0.1, -0.05) is 12.8 Å². The van der Waals surface area contributed by atoms with E-state index in [0.717, 1.165) is 12.8 Å². The number of aromatic nitrogens is 1. The molecule has 0 saturated carbocycles. The van der Waals surface area contributed by atoms with Crippen LogP contribution in [0.25, 0.3) is 0 Å². The second kappa shape index (κ2) is 7.12. The van der Waals surface area contributed by atoms with Gasteiger partial charge in [-0.2, -0.15) is 0 Å². The molecule has 0 bridgehead atoms. The highest BCUT2D eigenvalue weighted by molar-refractivity contribution is 5.69. The molecule has 0 amide bonds. The van der Waals surface area contributed by atoms with Gasteiger partial charge in [-0.05, 0) is 12.8 Å². The Morgan fingerprint density at radius 2 is 2.07 bits per heavy atom. The fourth-order valence-electron chi connectivity index (χ4n) is 1.16. The molecule has 2 rings (SSSR count). The summed E-state index contributed by atoms with van der Waals surface area (Å²) in [7, 11) is 0. The Hall–Kier alpha value is -1.32. The maximum atomic E-state index is 10.6. The SMILES string of the molecule is O=C1CCCCCCO1.c1cocn1. The molecule has 0 radical (unpaired) electrons. The first kappa shape index (κ1) is 10.8. The standard InChI is InChI=1S/C7H12O2.C3H3NO/c8-7-5-3-1-2-4-6-9-7;1-2-5-3-4-1/h1-6H2;1-3H. The molecule has 4 nitrogen and oxygen atoms in total. The predicted molar refractivity (Wildman–Crippen MR) is 50.5 cm³/mol. The van der Waals surface area contributed by atoms with Crippen LogP contribution in [0.3, 0.4) is 0 Å². The first-order valence-electron chi connectivity index (χ1n) is 4.87. The lowest BCUT2D eigenvalue weighted by atomic mass is 10.1. The van der Waals surface area contributed by atoms with Crippen molar-refractivity contribution < 1.29 is 13.9 Å². The van der Waals surface area contributed by atoms with Crippen LogP contribution in [0.4, 0.5) is 0 Å². The summed E-state index contributed by atoms with van der Waals surface area (Å²) in [6.45, 7) is 0.638. The molecule has 0 atom stereocenters. The van der Waals surface area contributed by atoms with Crippen molar-refractivity contribution in [3.05, 3.63) is 18.9 Å². The van der Waals surface area contributed by atoms with Gasteiger partial charge in [0.1, 0.15) is 6.26 Å². The monoisotopic (exact) mass is 197 g/mol. The van der Waals surface area contributed by atoms with Crippen molar-refractivity contribution in [1.82, 2.24) is 4.98 Å². The number of oxazole rings is 1. The average Bonchev–Trinajstić information content (AvgIpc) is 2.69. The second-order valence-corrected chi connectivity index (χ2v) is 3.06. The number of hydrogen-bond acceptors (Lipinski definition) is 4. The molecule has 1 fully saturated rings. The summed E-state index contributed by atoms with van der Waals surface area (Å²) in [5.74, 6) is -0.0188. The Kier molecular flexibility index (Phi) is 5.47. The minimum Gasteiger partial charge on any atom is -0.466 e. The molecule has 1 saturated heterocycles. The zero-order chi connectivity index (χ0) is 10.1. The summed E-state index contributed by atoms with van der Waals surface area (Å²) in [5.41, 5.74) is 0. The third-order valence-electron chi connectivity index (χ3n) is 1.89. The van der Waals surface area contributed by atoms with Gasteiger partial charge in [-0.15, -0.1) is 0 Å². The average molecular weight is 197 g/mol. The van der Waals surface area contributed by atoms with E-state index in [1.807, 2.05) is 0 Å². The number of rotatable bonds is 0. The molecular weight excluding hydrogens is 182 g/mol. The Balaban J connectivity index is 0.000000165. The van der Waals surface area contributed by atoms with Gasteiger partial charge >= 0.3 is 5.97 Å². The van der Waals surface area contributed by atoms with Gasteiger partial charge in [0.05, 0.1) is 12.8 Å². The van der Waals surface area contributed by atoms with Crippen molar-refractivity contribution in [2.24, 2.45) is 0 Å². The van der Waals surface area contributed by atoms with Crippen LogP contribution in [-0.2, 0) is 9.53 Å². The molecule has 0 unspecified atom stereocenters. The highest BCUT2D eigenvalue weighted by Gasteiger charge is 2.04. The third-order valence-corrected chi connectivity index (χ3v) is 1.89. The summed E-state index contributed by atoms with van der Waals surface area (Å²) < 4.78 is 9.32. The number of esters is 1. The lowest BCUT2D eigenvalue weighted by Crippen LogP contribution is -2.07. The maximum Gasteiger partial charge on any atom is 0.305 e. The van der Waals surface area contributed by atoms with Crippen molar-refractivity contribution in [2.75, 3.05) is 6.61 Å². The number of hydrogen-bond donors (Lipinski definition) is 0. The number of cyclic esters (lactones) is 1. The lowest BCUT2D eigenvalue weighted by molar-refractivity contribution is -0.144. The van der Waals surface area contributed by atoms with Crippen molar-refractivity contribution in [1.29, 1.82) is 0 Å². The molecule has 0 aliphatic carbocycles. The van der Waals surface area contributed by atoms with E-state index in [1.54, 1.807) is 6.20 Å². The summed E-state index contributed by atoms with van der Waals surface area (Å²) in [4.78, 5) is 14.2. The predicted octanol–water partition coefficient (Wildman–Crippen LogP) is 2.17. The first-order chi connectivity index (χ1) is 6.89. The van der Waals surface area contributed by atoms with Crippen LogP contribution < -0.4 is 0 Å². The van der Waals surface area contributed by atoms with Gasteiger partial charge in [0, 0.05) is 6.42 Å². The van der Waals surface area contributed by atoms with Gasteiger partial charge in [0.2, 0.25) is 0 Å². The largest absolute Gasteiger partial charge is 0.466 e. The topological polar surface area (TPSA) is 52.3 Å². The minimum atomic E-state index is -0.0188. The van der Waals surface area contributed by atoms with Gasteiger partial charge in [0.15, 0.2) is 6.39 Å². The van der Waals surface area contributed by atoms with E-state index >= 15 is 0 Å². The van der Waals surface area contributed by atoms with Gasteiger partial charge in [-0.25, -0.2) is 4.98 Å². The van der Waals surface area contributed by atoms with E-state index in [0.29, 0.717) is 13.0 Å². The molecule has 2 heterocycles. The van der Waals surface area contributed by atoms with E-state index in [2.05, 4.69) is 9.40 Å². The van der Waals surface area contributed by atoms with E-state index in [-0.39, 0.29) is 5.97 Å². The number of nitrogens with zero attached hydrogens (tertiary/aromatic N) is 1. The number of ether oxygens (including phenoxy) is 1. The van der Waals surface area contributed by atoms with Crippen molar-refractivity contribution >= 4 is 5.97 Å². The van der Waals surface area contributed by atoms with Gasteiger partial charge in [-0.3, -0.25) is 4.79 Å². The van der Waals surface area contributed by atoms with Crippen LogP contribution >= 0.6 is 0 Å². The van der Waals surface area contributed by atoms with Gasteiger partial charge in [0.25, 0.3) is 0 Å². The molecule has 4 heteroatoms. The molecular formula is C10H15NO3. The van der Waals surface area contributed by atoms with Crippen LogP contribution in [0.2, 0.25) is 0 Å². The molecule has 14 heavy (non-hydrogen) atoms.